The SMILES string of the molecule is COc1cc(Nc2nc(NCc3ccc(C)cc3)c(F)cc2C(N)=O)cc(OC)c1. The van der Waals surface area contributed by atoms with Crippen molar-refractivity contribution < 1.29 is 18.7 Å². The van der Waals surface area contributed by atoms with Gasteiger partial charge in [0.2, 0.25) is 0 Å². The monoisotopic (exact) mass is 410 g/mol. The number of rotatable bonds is 8. The van der Waals surface area contributed by atoms with Crippen molar-refractivity contribution in [3.05, 3.63) is 71.0 Å². The molecule has 0 aliphatic carbocycles. The molecule has 2 aromatic carbocycles. The van der Waals surface area contributed by atoms with Crippen LogP contribution in [0, 0.1) is 12.7 Å². The minimum absolute atomic E-state index is 0.00191. The summed E-state index contributed by atoms with van der Waals surface area (Å²) < 4.78 is 25.0. The van der Waals surface area contributed by atoms with Crippen LogP contribution in [0.25, 0.3) is 0 Å². The minimum atomic E-state index is -0.802. The van der Waals surface area contributed by atoms with Crippen LogP contribution in [0.2, 0.25) is 0 Å². The number of ether oxygens (including phenoxy) is 2. The number of carbonyl (C=O) groups is 1. The fourth-order valence-electron chi connectivity index (χ4n) is 2.80. The number of nitrogens with one attached hydrogen (secondary N) is 2. The van der Waals surface area contributed by atoms with Crippen LogP contribution in [0.5, 0.6) is 11.5 Å². The maximum absolute atomic E-state index is 14.5. The van der Waals surface area contributed by atoms with Gasteiger partial charge in [0, 0.05) is 30.4 Å². The summed E-state index contributed by atoms with van der Waals surface area (Å²) >= 11 is 0. The van der Waals surface area contributed by atoms with Crippen LogP contribution in [0.3, 0.4) is 0 Å². The summed E-state index contributed by atoms with van der Waals surface area (Å²) in [7, 11) is 3.05. The van der Waals surface area contributed by atoms with E-state index >= 15 is 0 Å². The zero-order valence-corrected chi connectivity index (χ0v) is 17.0. The average Bonchev–Trinajstić information content (AvgIpc) is 2.74. The number of nitrogens with two attached hydrogens (primary N) is 1. The second kappa shape index (κ2) is 9.13. The fourth-order valence-corrected chi connectivity index (χ4v) is 2.80. The number of halogens is 1. The Kier molecular flexibility index (Phi) is 6.36. The van der Waals surface area contributed by atoms with E-state index in [4.69, 9.17) is 15.2 Å². The summed E-state index contributed by atoms with van der Waals surface area (Å²) in [6.45, 7) is 2.36. The molecule has 156 valence electrons. The number of aromatic nitrogens is 1. The molecule has 3 rings (SSSR count). The molecule has 1 heterocycles. The number of pyridine rings is 1. The number of hydrogen-bond donors (Lipinski definition) is 3. The molecule has 0 fully saturated rings. The van der Waals surface area contributed by atoms with Gasteiger partial charge >= 0.3 is 0 Å². The van der Waals surface area contributed by atoms with Gasteiger partial charge in [-0.1, -0.05) is 29.8 Å². The van der Waals surface area contributed by atoms with Crippen molar-refractivity contribution in [3.63, 3.8) is 0 Å². The molecule has 0 aliphatic heterocycles. The summed E-state index contributed by atoms with van der Waals surface area (Å²) in [5.41, 5.74) is 7.99. The number of carbonyl (C=O) groups excluding carboxylic acids is 1. The summed E-state index contributed by atoms with van der Waals surface area (Å²) in [5.74, 6) is -0.285. The highest BCUT2D eigenvalue weighted by molar-refractivity contribution is 5.98. The van der Waals surface area contributed by atoms with E-state index in [2.05, 4.69) is 15.6 Å². The lowest BCUT2D eigenvalue weighted by Gasteiger charge is -2.15. The Bertz CT molecular complexity index is 1030. The number of methoxy groups -OCH3 is 2. The van der Waals surface area contributed by atoms with Gasteiger partial charge in [0.15, 0.2) is 11.6 Å². The highest BCUT2D eigenvalue weighted by atomic mass is 19.1. The first-order chi connectivity index (χ1) is 14.4. The average molecular weight is 410 g/mol. The van der Waals surface area contributed by atoms with Gasteiger partial charge in [0.25, 0.3) is 5.91 Å². The zero-order valence-electron chi connectivity index (χ0n) is 17.0. The summed E-state index contributed by atoms with van der Waals surface area (Å²) in [6.07, 6.45) is 0. The van der Waals surface area contributed by atoms with Crippen LogP contribution in [-0.2, 0) is 6.54 Å². The van der Waals surface area contributed by atoms with Gasteiger partial charge in [-0.2, -0.15) is 0 Å². The van der Waals surface area contributed by atoms with Gasteiger partial charge < -0.3 is 25.8 Å². The molecule has 0 bridgehead atoms. The third-order valence-electron chi connectivity index (χ3n) is 4.44. The Hall–Kier alpha value is -3.81. The van der Waals surface area contributed by atoms with Gasteiger partial charge in [-0.15, -0.1) is 0 Å². The number of anilines is 3. The number of nitrogens with zero attached hydrogens (tertiary/aromatic N) is 1. The van der Waals surface area contributed by atoms with E-state index in [9.17, 15) is 9.18 Å². The Morgan fingerprint density at radius 1 is 1.03 bits per heavy atom. The number of aryl methyl sites for hydroxylation is 1. The lowest BCUT2D eigenvalue weighted by atomic mass is 10.1. The standard InChI is InChI=1S/C22H23FN4O3/c1-13-4-6-14(7-5-13)12-25-22-19(23)11-18(20(24)28)21(27-22)26-15-8-16(29-2)10-17(9-15)30-3/h4-11H,12H2,1-3H3,(H2,24,28)(H2,25,26,27). The molecule has 0 spiro atoms. The van der Waals surface area contributed by atoms with E-state index in [0.29, 0.717) is 23.7 Å². The van der Waals surface area contributed by atoms with E-state index in [0.717, 1.165) is 17.2 Å². The fraction of sp³-hybridized carbons (Fsp3) is 0.182. The molecule has 0 atom stereocenters. The summed E-state index contributed by atoms with van der Waals surface area (Å²) in [5, 5.41) is 5.96. The predicted molar refractivity (Wildman–Crippen MR) is 114 cm³/mol. The van der Waals surface area contributed by atoms with E-state index in [1.807, 2.05) is 31.2 Å². The van der Waals surface area contributed by atoms with E-state index in [-0.39, 0.29) is 17.2 Å². The van der Waals surface area contributed by atoms with Crippen molar-refractivity contribution in [1.29, 1.82) is 0 Å². The Labute approximate surface area is 174 Å². The first kappa shape index (κ1) is 20.9. The smallest absolute Gasteiger partial charge is 0.252 e. The molecule has 30 heavy (non-hydrogen) atoms. The third kappa shape index (κ3) is 4.96. The lowest BCUT2D eigenvalue weighted by molar-refractivity contribution is 0.100. The van der Waals surface area contributed by atoms with Crippen LogP contribution < -0.4 is 25.8 Å². The zero-order chi connectivity index (χ0) is 21.7. The van der Waals surface area contributed by atoms with E-state index in [1.165, 1.54) is 14.2 Å². The second-order valence-corrected chi connectivity index (χ2v) is 6.64. The highest BCUT2D eigenvalue weighted by Crippen LogP contribution is 2.30. The van der Waals surface area contributed by atoms with E-state index < -0.39 is 11.7 Å². The van der Waals surface area contributed by atoms with Crippen LogP contribution in [0.1, 0.15) is 21.5 Å². The predicted octanol–water partition coefficient (Wildman–Crippen LogP) is 4.00. The molecule has 0 saturated heterocycles. The molecule has 1 amide bonds. The second-order valence-electron chi connectivity index (χ2n) is 6.64. The van der Waals surface area contributed by atoms with Crippen molar-refractivity contribution in [1.82, 2.24) is 4.98 Å². The topological polar surface area (TPSA) is 98.5 Å². The van der Waals surface area contributed by atoms with Crippen LogP contribution in [0.15, 0.2) is 48.5 Å². The molecule has 4 N–H and O–H groups in total. The van der Waals surface area contributed by atoms with Gasteiger partial charge in [0.1, 0.15) is 17.3 Å². The van der Waals surface area contributed by atoms with Gasteiger partial charge in [-0.3, -0.25) is 4.79 Å². The Morgan fingerprint density at radius 3 is 2.23 bits per heavy atom. The van der Waals surface area contributed by atoms with Crippen molar-refractivity contribution in [3.8, 4) is 11.5 Å². The van der Waals surface area contributed by atoms with Crippen LogP contribution in [0.4, 0.5) is 21.7 Å². The quantitative estimate of drug-likeness (QED) is 0.519. The van der Waals surface area contributed by atoms with Crippen molar-refractivity contribution >= 4 is 23.2 Å². The number of hydrogen-bond acceptors (Lipinski definition) is 6. The van der Waals surface area contributed by atoms with Gasteiger partial charge in [-0.25, -0.2) is 9.37 Å². The Balaban J connectivity index is 1.91. The van der Waals surface area contributed by atoms with Crippen molar-refractivity contribution in [2.24, 2.45) is 5.73 Å². The number of amides is 1. The van der Waals surface area contributed by atoms with Crippen molar-refractivity contribution in [2.75, 3.05) is 24.9 Å². The number of primary amides is 1. The molecule has 0 unspecified atom stereocenters. The molecular formula is C22H23FN4O3. The van der Waals surface area contributed by atoms with Gasteiger partial charge in [-0.05, 0) is 18.6 Å². The normalized spacial score (nSPS) is 10.4. The molecule has 0 radical (unpaired) electrons. The molecular weight excluding hydrogens is 387 g/mol. The first-order valence-electron chi connectivity index (χ1n) is 9.19. The summed E-state index contributed by atoms with van der Waals surface area (Å²) in [6, 6.07) is 14.0. The van der Waals surface area contributed by atoms with Gasteiger partial charge in [0.05, 0.1) is 19.8 Å². The maximum atomic E-state index is 14.5. The maximum Gasteiger partial charge on any atom is 0.252 e. The van der Waals surface area contributed by atoms with E-state index in [1.54, 1.807) is 18.2 Å². The molecule has 0 saturated carbocycles. The van der Waals surface area contributed by atoms with Crippen LogP contribution >= 0.6 is 0 Å². The largest absolute Gasteiger partial charge is 0.497 e. The van der Waals surface area contributed by atoms with Crippen LogP contribution in [-0.4, -0.2) is 25.1 Å². The molecule has 0 aliphatic rings. The lowest BCUT2D eigenvalue weighted by Crippen LogP contribution is -2.16. The third-order valence-corrected chi connectivity index (χ3v) is 4.44. The molecule has 3 aromatic rings. The Morgan fingerprint density at radius 2 is 1.67 bits per heavy atom. The molecule has 7 nitrogen and oxygen atoms in total. The first-order valence-corrected chi connectivity index (χ1v) is 9.19. The minimum Gasteiger partial charge on any atom is -0.497 e. The summed E-state index contributed by atoms with van der Waals surface area (Å²) in [4.78, 5) is 16.1. The highest BCUT2D eigenvalue weighted by Gasteiger charge is 2.17. The molecule has 1 aromatic heterocycles. The number of benzene rings is 2. The van der Waals surface area contributed by atoms with Crippen molar-refractivity contribution in [2.45, 2.75) is 13.5 Å². The molecule has 8 heteroatoms.